The Morgan fingerprint density at radius 3 is 2.18 bits per heavy atom. The van der Waals surface area contributed by atoms with E-state index in [0.29, 0.717) is 16.7 Å². The highest BCUT2D eigenvalue weighted by Gasteiger charge is 2.31. The molecule has 1 unspecified atom stereocenters. The summed E-state index contributed by atoms with van der Waals surface area (Å²) in [7, 11) is 0. The summed E-state index contributed by atoms with van der Waals surface area (Å²) in [6, 6.07) is 26.1. The largest absolute Gasteiger partial charge is 0.587 e. The molecule has 0 aliphatic carbocycles. The number of halogens is 3. The minimum Gasteiger partial charge on any atom is -0.587 e. The number of amides is 1. The normalized spacial score (nSPS) is 11.6. The fourth-order valence-electron chi connectivity index (χ4n) is 5.50. The SMILES string of the molecule is N#Cc1cccc(C#N)c1-c1c(-c2cccc(-c3ccc(C(=O)N=O)cc3Cl)c2)n([S+]([O-])c2ccc(C(F)F)cc2)c2cnc(N=O)cc12. The van der Waals surface area contributed by atoms with Crippen molar-refractivity contribution in [3.63, 3.8) is 0 Å². The third-order valence-electron chi connectivity index (χ3n) is 7.69. The second kappa shape index (κ2) is 13.5. The molecular weight excluding hydrogens is 674 g/mol. The molecule has 0 saturated carbocycles. The first-order valence-electron chi connectivity index (χ1n) is 14.1. The van der Waals surface area contributed by atoms with E-state index in [1.165, 1.54) is 58.7 Å². The molecule has 49 heavy (non-hydrogen) atoms. The van der Waals surface area contributed by atoms with Crippen molar-refractivity contribution in [3.8, 4) is 45.6 Å². The van der Waals surface area contributed by atoms with Crippen LogP contribution in [-0.2, 0) is 11.4 Å². The lowest BCUT2D eigenvalue weighted by Gasteiger charge is -2.17. The Morgan fingerprint density at radius 2 is 1.57 bits per heavy atom. The molecule has 6 rings (SSSR count). The Bertz CT molecular complexity index is 2370. The molecule has 0 saturated heterocycles. The molecule has 0 N–H and O–H groups in total. The number of rotatable bonds is 8. The lowest BCUT2D eigenvalue weighted by atomic mass is 9.90. The molecule has 2 heterocycles. The molecule has 0 fully saturated rings. The summed E-state index contributed by atoms with van der Waals surface area (Å²) in [5.41, 5.74) is 2.21. The van der Waals surface area contributed by atoms with Gasteiger partial charge in [0.05, 0.1) is 29.5 Å². The highest BCUT2D eigenvalue weighted by atomic mass is 35.5. The minimum absolute atomic E-state index is 0.0141. The second-order valence-electron chi connectivity index (χ2n) is 10.4. The van der Waals surface area contributed by atoms with Crippen LogP contribution in [-0.4, -0.2) is 19.4 Å². The highest BCUT2D eigenvalue weighted by Crippen LogP contribution is 2.46. The predicted molar refractivity (Wildman–Crippen MR) is 179 cm³/mol. The first kappa shape index (κ1) is 32.8. The van der Waals surface area contributed by atoms with Crippen LogP contribution < -0.4 is 0 Å². The van der Waals surface area contributed by atoms with Gasteiger partial charge in [0.2, 0.25) is 0 Å². The molecule has 1 amide bonds. The number of aromatic nitrogens is 2. The molecule has 4 aromatic carbocycles. The molecular formula is C35H17ClF2N6O4S. The van der Waals surface area contributed by atoms with Crippen LogP contribution in [0.1, 0.15) is 33.5 Å². The van der Waals surface area contributed by atoms with Crippen LogP contribution in [0.15, 0.2) is 112 Å². The Kier molecular flexibility index (Phi) is 9.07. The van der Waals surface area contributed by atoms with Crippen LogP contribution in [0.5, 0.6) is 0 Å². The summed E-state index contributed by atoms with van der Waals surface area (Å²) < 4.78 is 42.7. The summed E-state index contributed by atoms with van der Waals surface area (Å²) in [5.74, 6) is -1.22. The van der Waals surface area contributed by atoms with Gasteiger partial charge in [-0.15, -0.1) is 9.81 Å². The summed E-state index contributed by atoms with van der Waals surface area (Å²) in [6.07, 6.45) is -1.47. The van der Waals surface area contributed by atoms with Crippen molar-refractivity contribution < 1.29 is 18.1 Å². The van der Waals surface area contributed by atoms with Crippen LogP contribution in [0.2, 0.25) is 5.02 Å². The summed E-state index contributed by atoms with van der Waals surface area (Å²) in [6.45, 7) is 0. The number of nitroso groups, excluding NO2 is 2. The van der Waals surface area contributed by atoms with Gasteiger partial charge in [-0.3, -0.25) is 4.79 Å². The van der Waals surface area contributed by atoms with E-state index in [9.17, 15) is 38.5 Å². The topological polar surface area (TPSA) is 164 Å². The first-order chi connectivity index (χ1) is 23.7. The van der Waals surface area contributed by atoms with Gasteiger partial charge in [-0.25, -0.2) is 13.8 Å². The van der Waals surface area contributed by atoms with Gasteiger partial charge in [0.15, 0.2) is 10.7 Å². The van der Waals surface area contributed by atoms with E-state index in [1.807, 2.05) is 0 Å². The Balaban J connectivity index is 1.72. The number of benzene rings is 4. The van der Waals surface area contributed by atoms with Gasteiger partial charge in [-0.1, -0.05) is 41.9 Å². The Hall–Kier alpha value is -6.12. The zero-order valence-corrected chi connectivity index (χ0v) is 26.2. The van der Waals surface area contributed by atoms with Crippen LogP contribution in [0.3, 0.4) is 0 Å². The summed E-state index contributed by atoms with van der Waals surface area (Å²) in [5, 5.41) is 26.1. The van der Waals surface area contributed by atoms with E-state index < -0.39 is 23.7 Å². The number of carbonyl (C=O) groups excluding carboxylic acids is 1. The molecule has 6 aromatic rings. The van der Waals surface area contributed by atoms with Gasteiger partial charge >= 0.3 is 5.91 Å². The van der Waals surface area contributed by atoms with Crippen LogP contribution in [0, 0.1) is 32.5 Å². The fraction of sp³-hybridized carbons (Fsp3) is 0.0286. The second-order valence-corrected chi connectivity index (χ2v) is 12.2. The van der Waals surface area contributed by atoms with Crippen LogP contribution in [0.4, 0.5) is 14.6 Å². The van der Waals surface area contributed by atoms with Gasteiger partial charge < -0.3 is 4.55 Å². The number of hydrogen-bond donors (Lipinski definition) is 0. The number of nitrogens with zero attached hydrogens (tertiary/aromatic N) is 6. The predicted octanol–water partition coefficient (Wildman–Crippen LogP) is 9.25. The quantitative estimate of drug-likeness (QED) is 0.113. The summed E-state index contributed by atoms with van der Waals surface area (Å²) >= 11 is 4.40. The Morgan fingerprint density at radius 1 is 0.898 bits per heavy atom. The van der Waals surface area contributed by atoms with E-state index >= 15 is 0 Å². The number of pyridine rings is 1. The minimum atomic E-state index is -2.75. The van der Waals surface area contributed by atoms with Crippen LogP contribution >= 0.6 is 11.6 Å². The molecule has 0 bridgehead atoms. The number of carbonyl (C=O) groups is 1. The molecule has 0 radical (unpaired) electrons. The van der Waals surface area contributed by atoms with E-state index in [2.05, 4.69) is 27.5 Å². The third kappa shape index (κ3) is 5.94. The van der Waals surface area contributed by atoms with Crippen LogP contribution in [0.25, 0.3) is 44.4 Å². The lowest BCUT2D eigenvalue weighted by molar-refractivity contribution is 0.100. The lowest BCUT2D eigenvalue weighted by Crippen LogP contribution is -2.14. The summed E-state index contributed by atoms with van der Waals surface area (Å²) in [4.78, 5) is 38.5. The van der Waals surface area contributed by atoms with E-state index in [1.54, 1.807) is 30.3 Å². The highest BCUT2D eigenvalue weighted by molar-refractivity contribution is 7.90. The maximum atomic E-state index is 14.5. The van der Waals surface area contributed by atoms with Gasteiger partial charge in [0, 0.05) is 49.0 Å². The van der Waals surface area contributed by atoms with Gasteiger partial charge in [-0.2, -0.15) is 14.5 Å². The molecule has 1 atom stereocenters. The molecule has 0 spiro atoms. The van der Waals surface area contributed by atoms with Gasteiger partial charge in [0.1, 0.15) is 22.6 Å². The van der Waals surface area contributed by atoms with Gasteiger partial charge in [0.25, 0.3) is 6.43 Å². The fourth-order valence-corrected chi connectivity index (χ4v) is 7.05. The molecule has 14 heteroatoms. The molecule has 0 aliphatic heterocycles. The van der Waals surface area contributed by atoms with E-state index in [0.717, 1.165) is 12.1 Å². The molecule has 2 aromatic heterocycles. The Labute approximate surface area is 284 Å². The van der Waals surface area contributed by atoms with Crippen molar-refractivity contribution >= 4 is 45.6 Å². The average Bonchev–Trinajstić information content (AvgIpc) is 3.47. The van der Waals surface area contributed by atoms with Crippen molar-refractivity contribution in [2.24, 2.45) is 10.4 Å². The van der Waals surface area contributed by atoms with Crippen molar-refractivity contribution in [2.75, 3.05) is 0 Å². The van der Waals surface area contributed by atoms with Crippen molar-refractivity contribution in [2.45, 2.75) is 11.3 Å². The zero-order chi connectivity index (χ0) is 34.8. The zero-order valence-electron chi connectivity index (χ0n) is 24.7. The standard InChI is InChI=1S/C35H17ClF2N6O4S/c36-28-14-22(35(45)43-47)9-12-26(28)20-3-1-4-21(13-20)33-32(31-23(16-39)5-2-6-24(31)17-40)27-15-30(42-46)41-18-29(27)44(33)49(48)25-10-7-19(8-11-25)34(37)38/h1-15,18,34H. The number of hydrogen-bond acceptors (Lipinski definition) is 8. The smallest absolute Gasteiger partial charge is 0.316 e. The third-order valence-corrected chi connectivity index (χ3v) is 9.39. The van der Waals surface area contributed by atoms with E-state index in [4.69, 9.17) is 11.6 Å². The molecule has 10 nitrogen and oxygen atoms in total. The molecule has 238 valence electrons. The number of alkyl halides is 2. The molecule has 0 aliphatic rings. The maximum Gasteiger partial charge on any atom is 0.316 e. The van der Waals surface area contributed by atoms with Crippen molar-refractivity contribution in [1.82, 2.24) is 8.96 Å². The van der Waals surface area contributed by atoms with Crippen molar-refractivity contribution in [1.29, 1.82) is 10.5 Å². The van der Waals surface area contributed by atoms with Crippen molar-refractivity contribution in [3.05, 3.63) is 134 Å². The van der Waals surface area contributed by atoms with E-state index in [-0.39, 0.29) is 65.7 Å². The number of fused-ring (bicyclic) bond motifs is 1. The first-order valence-corrected chi connectivity index (χ1v) is 15.6. The average molecular weight is 691 g/mol. The monoisotopic (exact) mass is 690 g/mol. The maximum absolute atomic E-state index is 14.5. The number of nitriles is 2. The van der Waals surface area contributed by atoms with Gasteiger partial charge in [-0.05, 0) is 71.4 Å².